The number of aliphatic hydroxyl groups is 1. The van der Waals surface area contributed by atoms with Crippen molar-refractivity contribution in [3.63, 3.8) is 0 Å². The topological polar surface area (TPSA) is 53.0 Å². The molecule has 1 aliphatic rings. The molecule has 0 aliphatic carbocycles. The molecule has 1 aromatic carbocycles. The van der Waals surface area contributed by atoms with Gasteiger partial charge in [-0.2, -0.15) is 0 Å². The van der Waals surface area contributed by atoms with Gasteiger partial charge < -0.3 is 9.84 Å². The summed E-state index contributed by atoms with van der Waals surface area (Å²) in [5.41, 5.74) is 0.531. The number of amides is 1. The number of nitrogens with zero attached hydrogens (tertiary/aromatic N) is 2. The third kappa shape index (κ3) is 4.71. The quantitative estimate of drug-likeness (QED) is 0.929. The minimum atomic E-state index is -0.526. The number of aliphatic hydroxyl groups excluding tert-OH is 1. The highest BCUT2D eigenvalue weighted by Gasteiger charge is 2.32. The number of ether oxygens (including phenoxy) is 1. The van der Waals surface area contributed by atoms with Crippen molar-refractivity contribution < 1.29 is 14.6 Å². The molecule has 122 valence electrons. The van der Waals surface area contributed by atoms with E-state index < -0.39 is 5.60 Å². The maximum Gasteiger partial charge on any atom is 0.425 e. The first kappa shape index (κ1) is 16.8. The fraction of sp³-hybridized carbons (Fsp3) is 0.588. The maximum atomic E-state index is 12.5. The van der Waals surface area contributed by atoms with Gasteiger partial charge in [0.05, 0.1) is 6.54 Å². The zero-order chi connectivity index (χ0) is 16.2. The lowest BCUT2D eigenvalue weighted by Gasteiger charge is -2.33. The number of rotatable bonds is 4. The van der Waals surface area contributed by atoms with E-state index in [2.05, 4.69) is 0 Å². The van der Waals surface area contributed by atoms with Crippen molar-refractivity contribution in [3.05, 3.63) is 35.9 Å². The van der Waals surface area contributed by atoms with E-state index in [9.17, 15) is 9.90 Å². The Morgan fingerprint density at radius 1 is 1.36 bits per heavy atom. The summed E-state index contributed by atoms with van der Waals surface area (Å²) in [5, 5.41) is 13.0. The van der Waals surface area contributed by atoms with Gasteiger partial charge >= 0.3 is 6.09 Å². The van der Waals surface area contributed by atoms with Crippen LogP contribution in [0.15, 0.2) is 30.3 Å². The smallest absolute Gasteiger partial charge is 0.425 e. The Morgan fingerprint density at radius 2 is 2.05 bits per heavy atom. The van der Waals surface area contributed by atoms with Gasteiger partial charge in [-0.1, -0.05) is 30.3 Å². The number of hydrazine groups is 1. The molecule has 1 saturated heterocycles. The van der Waals surface area contributed by atoms with Crippen LogP contribution in [0.1, 0.15) is 32.8 Å². The van der Waals surface area contributed by atoms with Crippen LogP contribution in [0.2, 0.25) is 0 Å². The Morgan fingerprint density at radius 3 is 2.59 bits per heavy atom. The molecule has 1 unspecified atom stereocenters. The molecule has 5 heteroatoms. The number of carbonyl (C=O) groups is 1. The summed E-state index contributed by atoms with van der Waals surface area (Å²) < 4.78 is 5.54. The van der Waals surface area contributed by atoms with Gasteiger partial charge in [-0.25, -0.2) is 14.8 Å². The van der Waals surface area contributed by atoms with Crippen LogP contribution in [-0.2, 0) is 11.3 Å². The summed E-state index contributed by atoms with van der Waals surface area (Å²) in [6, 6.07) is 9.87. The van der Waals surface area contributed by atoms with Crippen LogP contribution >= 0.6 is 0 Å². The highest BCUT2D eigenvalue weighted by Crippen LogP contribution is 2.21. The Kier molecular flexibility index (Phi) is 5.42. The van der Waals surface area contributed by atoms with Gasteiger partial charge in [0.25, 0.3) is 0 Å². The van der Waals surface area contributed by atoms with Crippen LogP contribution in [0.3, 0.4) is 0 Å². The molecule has 0 radical (unpaired) electrons. The van der Waals surface area contributed by atoms with E-state index in [0.29, 0.717) is 13.1 Å². The molecule has 0 bridgehead atoms. The van der Waals surface area contributed by atoms with Gasteiger partial charge in [0.15, 0.2) is 0 Å². The van der Waals surface area contributed by atoms with Crippen LogP contribution in [0.4, 0.5) is 4.79 Å². The molecule has 0 saturated carbocycles. The second kappa shape index (κ2) is 7.11. The zero-order valence-corrected chi connectivity index (χ0v) is 13.7. The number of hydrogen-bond acceptors (Lipinski definition) is 4. The summed E-state index contributed by atoms with van der Waals surface area (Å²) in [5.74, 6) is 0.223. The molecule has 1 heterocycles. The molecule has 1 fully saturated rings. The molecule has 22 heavy (non-hydrogen) atoms. The van der Waals surface area contributed by atoms with Crippen molar-refractivity contribution in [2.75, 3.05) is 19.7 Å². The second-order valence-electron chi connectivity index (χ2n) is 6.77. The summed E-state index contributed by atoms with van der Waals surface area (Å²) in [6.07, 6.45) is 0.555. The van der Waals surface area contributed by atoms with Crippen LogP contribution in [-0.4, -0.2) is 46.5 Å². The van der Waals surface area contributed by atoms with Crippen LogP contribution < -0.4 is 0 Å². The standard InChI is InChI=1S/C17H26N2O3/c1-17(2,3)22-16(21)19(12-14-7-5-4-6-8-14)18-10-9-15(11-18)13-20/h4-8,15,20H,9-13H2,1-3H3. The van der Waals surface area contributed by atoms with Crippen LogP contribution in [0.25, 0.3) is 0 Å². The van der Waals surface area contributed by atoms with Crippen molar-refractivity contribution in [2.24, 2.45) is 5.92 Å². The van der Waals surface area contributed by atoms with Gasteiger partial charge in [-0.05, 0) is 38.7 Å². The Hall–Kier alpha value is -1.59. The first-order valence-corrected chi connectivity index (χ1v) is 7.79. The number of hydrogen-bond donors (Lipinski definition) is 1. The second-order valence-corrected chi connectivity index (χ2v) is 6.77. The van der Waals surface area contributed by atoms with E-state index in [-0.39, 0.29) is 18.6 Å². The minimum Gasteiger partial charge on any atom is -0.443 e. The number of carbonyl (C=O) groups excluding carboxylic acids is 1. The molecule has 1 aromatic rings. The molecule has 1 N–H and O–H groups in total. The lowest BCUT2D eigenvalue weighted by Crippen LogP contribution is -2.47. The van der Waals surface area contributed by atoms with Gasteiger partial charge in [0, 0.05) is 19.7 Å². The molecule has 0 aromatic heterocycles. The summed E-state index contributed by atoms with van der Waals surface area (Å²) in [7, 11) is 0. The van der Waals surface area contributed by atoms with E-state index in [4.69, 9.17) is 4.74 Å². The van der Waals surface area contributed by atoms with Crippen molar-refractivity contribution in [1.82, 2.24) is 10.0 Å². The minimum absolute atomic E-state index is 0.157. The molecular weight excluding hydrogens is 280 g/mol. The van der Waals surface area contributed by atoms with Crippen molar-refractivity contribution in [1.29, 1.82) is 0 Å². The molecule has 0 spiro atoms. The fourth-order valence-electron chi connectivity index (χ4n) is 2.53. The van der Waals surface area contributed by atoms with E-state index >= 15 is 0 Å². The predicted molar refractivity (Wildman–Crippen MR) is 85.0 cm³/mol. The van der Waals surface area contributed by atoms with Gasteiger partial charge in [-0.3, -0.25) is 0 Å². The zero-order valence-electron chi connectivity index (χ0n) is 13.7. The summed E-state index contributed by atoms with van der Waals surface area (Å²) in [6.45, 7) is 7.68. The highest BCUT2D eigenvalue weighted by molar-refractivity contribution is 5.67. The van der Waals surface area contributed by atoms with E-state index in [1.165, 1.54) is 0 Å². The van der Waals surface area contributed by atoms with E-state index in [1.54, 1.807) is 5.01 Å². The molecule has 1 atom stereocenters. The van der Waals surface area contributed by atoms with Crippen LogP contribution in [0.5, 0.6) is 0 Å². The molecule has 2 rings (SSSR count). The third-order valence-electron chi connectivity index (χ3n) is 3.64. The molecule has 5 nitrogen and oxygen atoms in total. The number of benzene rings is 1. The van der Waals surface area contributed by atoms with Crippen LogP contribution in [0, 0.1) is 5.92 Å². The average Bonchev–Trinajstić information content (AvgIpc) is 2.92. The summed E-state index contributed by atoms with van der Waals surface area (Å²) in [4.78, 5) is 12.5. The predicted octanol–water partition coefficient (Wildman–Crippen LogP) is 2.65. The third-order valence-corrected chi connectivity index (χ3v) is 3.64. The average molecular weight is 306 g/mol. The molecular formula is C17H26N2O3. The first-order valence-electron chi connectivity index (χ1n) is 7.79. The highest BCUT2D eigenvalue weighted by atomic mass is 16.6. The maximum absolute atomic E-state index is 12.5. The normalized spacial score (nSPS) is 19.2. The lowest BCUT2D eigenvalue weighted by molar-refractivity contribution is -0.0474. The monoisotopic (exact) mass is 306 g/mol. The van der Waals surface area contributed by atoms with Crippen molar-refractivity contribution in [3.8, 4) is 0 Å². The molecule has 1 aliphatic heterocycles. The fourth-order valence-corrected chi connectivity index (χ4v) is 2.53. The van der Waals surface area contributed by atoms with Gasteiger partial charge in [-0.15, -0.1) is 0 Å². The Balaban J connectivity index is 2.12. The summed E-state index contributed by atoms with van der Waals surface area (Å²) >= 11 is 0. The Bertz CT molecular complexity index is 484. The van der Waals surface area contributed by atoms with Gasteiger partial charge in [0.1, 0.15) is 5.60 Å². The van der Waals surface area contributed by atoms with Crippen molar-refractivity contribution in [2.45, 2.75) is 39.3 Å². The van der Waals surface area contributed by atoms with Gasteiger partial charge in [0.2, 0.25) is 0 Å². The van der Waals surface area contributed by atoms with E-state index in [0.717, 1.165) is 18.5 Å². The van der Waals surface area contributed by atoms with E-state index in [1.807, 2.05) is 56.1 Å². The Labute approximate surface area is 132 Å². The SMILES string of the molecule is CC(C)(C)OC(=O)N(Cc1ccccc1)N1CCC(CO)C1. The first-order chi connectivity index (χ1) is 10.4. The molecule has 1 amide bonds. The van der Waals surface area contributed by atoms with Crippen molar-refractivity contribution >= 4 is 6.09 Å². The lowest BCUT2D eigenvalue weighted by atomic mass is 10.1. The largest absolute Gasteiger partial charge is 0.443 e.